The highest BCUT2D eigenvalue weighted by atomic mass is 79.9. The monoisotopic (exact) mass is 337 g/mol. The lowest BCUT2D eigenvalue weighted by Gasteiger charge is -2.24. The Kier molecular flexibility index (Phi) is 4.10. The van der Waals surface area contributed by atoms with Crippen LogP contribution in [0.4, 0.5) is 5.69 Å². The molecule has 2 N–H and O–H groups in total. The van der Waals surface area contributed by atoms with Crippen LogP contribution in [0, 0.1) is 0 Å². The summed E-state index contributed by atoms with van der Waals surface area (Å²) < 4.78 is 0.991. The lowest BCUT2D eigenvalue weighted by molar-refractivity contribution is -0.117. The summed E-state index contributed by atoms with van der Waals surface area (Å²) in [6, 6.07) is 6.32. The van der Waals surface area contributed by atoms with Crippen LogP contribution in [0.1, 0.15) is 31.4 Å². The lowest BCUT2D eigenvalue weighted by atomic mass is 10.1. The molecule has 5 heteroatoms. The molecule has 2 heterocycles. The topological polar surface area (TPSA) is 44.4 Å². The van der Waals surface area contributed by atoms with Crippen molar-refractivity contribution in [2.24, 2.45) is 0 Å². The molecule has 2 aliphatic heterocycles. The van der Waals surface area contributed by atoms with E-state index in [-0.39, 0.29) is 11.9 Å². The minimum absolute atomic E-state index is 0.0548. The zero-order chi connectivity index (χ0) is 14.1. The smallest absolute Gasteiger partial charge is 0.246 e. The van der Waals surface area contributed by atoms with E-state index in [9.17, 15) is 4.79 Å². The van der Waals surface area contributed by atoms with E-state index in [2.05, 4.69) is 38.4 Å². The second-order valence-corrected chi connectivity index (χ2v) is 6.40. The van der Waals surface area contributed by atoms with Crippen LogP contribution in [0.25, 0.3) is 0 Å². The fraction of sp³-hybridized carbons (Fsp3) is 0.533. The van der Waals surface area contributed by atoms with E-state index in [1.165, 1.54) is 19.4 Å². The highest BCUT2D eigenvalue weighted by molar-refractivity contribution is 9.10. The van der Waals surface area contributed by atoms with Gasteiger partial charge < -0.3 is 10.6 Å². The average Bonchev–Trinajstić information content (AvgIpc) is 2.99. The summed E-state index contributed by atoms with van der Waals surface area (Å²) >= 11 is 3.44. The lowest BCUT2D eigenvalue weighted by Crippen LogP contribution is -2.40. The number of carbonyl (C=O) groups excluding carboxylic acids is 1. The first-order valence-corrected chi connectivity index (χ1v) is 8.06. The number of anilines is 1. The van der Waals surface area contributed by atoms with Gasteiger partial charge in [-0.05, 0) is 38.1 Å². The number of fused-ring (bicyclic) bond motifs is 1. The van der Waals surface area contributed by atoms with Crippen molar-refractivity contribution in [2.75, 3.05) is 25.0 Å². The summed E-state index contributed by atoms with van der Waals surface area (Å²) in [6.45, 7) is 5.35. The first-order chi connectivity index (χ1) is 9.69. The predicted molar refractivity (Wildman–Crippen MR) is 83.8 cm³/mol. The Morgan fingerprint density at radius 1 is 1.50 bits per heavy atom. The quantitative estimate of drug-likeness (QED) is 0.887. The number of nitrogens with zero attached hydrogens (tertiary/aromatic N) is 1. The van der Waals surface area contributed by atoms with Gasteiger partial charge in [-0.2, -0.15) is 0 Å². The first-order valence-electron chi connectivity index (χ1n) is 7.26. The molecule has 1 aromatic carbocycles. The number of rotatable bonds is 4. The second-order valence-electron chi connectivity index (χ2n) is 5.49. The molecule has 3 rings (SSSR count). The van der Waals surface area contributed by atoms with E-state index >= 15 is 0 Å². The summed E-state index contributed by atoms with van der Waals surface area (Å²) in [6.07, 6.45) is 2.49. The summed E-state index contributed by atoms with van der Waals surface area (Å²) in [5.74, 6) is 0.0548. The van der Waals surface area contributed by atoms with Gasteiger partial charge in [-0.25, -0.2) is 0 Å². The molecule has 2 aliphatic rings. The van der Waals surface area contributed by atoms with Gasteiger partial charge in [0.2, 0.25) is 5.91 Å². The normalized spacial score (nSPS) is 25.8. The zero-order valence-electron chi connectivity index (χ0n) is 11.7. The maximum Gasteiger partial charge on any atom is 0.246 e. The fourth-order valence-electron chi connectivity index (χ4n) is 3.23. The average molecular weight is 338 g/mol. The van der Waals surface area contributed by atoms with Gasteiger partial charge in [0.1, 0.15) is 6.04 Å². The number of halogens is 1. The van der Waals surface area contributed by atoms with Crippen LogP contribution in [-0.2, 0) is 4.79 Å². The van der Waals surface area contributed by atoms with Crippen LogP contribution >= 0.6 is 15.9 Å². The molecular formula is C15H20BrN3O. The van der Waals surface area contributed by atoms with Gasteiger partial charge in [0.05, 0.1) is 0 Å². The molecule has 2 unspecified atom stereocenters. The van der Waals surface area contributed by atoms with Crippen molar-refractivity contribution in [1.29, 1.82) is 0 Å². The molecule has 1 fully saturated rings. The standard InChI is InChI=1S/C15H20BrN3O/c1-2-19-7-3-4-11(19)9-17-14-12-6-5-10(16)8-13(12)18-15(14)20/h5-6,8,11,14,17H,2-4,7,9H2,1H3,(H,18,20). The van der Waals surface area contributed by atoms with E-state index in [1.54, 1.807) is 0 Å². The highest BCUT2D eigenvalue weighted by Crippen LogP contribution is 2.33. The Morgan fingerprint density at radius 3 is 3.15 bits per heavy atom. The molecule has 2 atom stereocenters. The van der Waals surface area contributed by atoms with Crippen molar-refractivity contribution in [2.45, 2.75) is 31.8 Å². The van der Waals surface area contributed by atoms with Crippen molar-refractivity contribution in [1.82, 2.24) is 10.2 Å². The highest BCUT2D eigenvalue weighted by Gasteiger charge is 2.32. The summed E-state index contributed by atoms with van der Waals surface area (Å²) in [4.78, 5) is 14.6. The Morgan fingerprint density at radius 2 is 2.35 bits per heavy atom. The molecule has 1 amide bonds. The van der Waals surface area contributed by atoms with Crippen LogP contribution in [-0.4, -0.2) is 36.5 Å². The minimum atomic E-state index is -0.211. The third-order valence-electron chi connectivity index (χ3n) is 4.31. The summed E-state index contributed by atoms with van der Waals surface area (Å²) in [7, 11) is 0. The van der Waals surface area contributed by atoms with E-state index in [0.29, 0.717) is 6.04 Å². The predicted octanol–water partition coefficient (Wildman–Crippen LogP) is 2.52. The van der Waals surface area contributed by atoms with E-state index in [1.807, 2.05) is 18.2 Å². The van der Waals surface area contributed by atoms with Gasteiger partial charge in [0, 0.05) is 28.3 Å². The molecule has 0 bridgehead atoms. The fourth-order valence-corrected chi connectivity index (χ4v) is 3.59. The van der Waals surface area contributed by atoms with Gasteiger partial charge in [-0.15, -0.1) is 0 Å². The van der Waals surface area contributed by atoms with Crippen LogP contribution in [0.2, 0.25) is 0 Å². The number of amides is 1. The molecule has 0 spiro atoms. The van der Waals surface area contributed by atoms with Crippen molar-refractivity contribution in [3.63, 3.8) is 0 Å². The number of likely N-dealkylation sites (tertiary alicyclic amines) is 1. The first kappa shape index (κ1) is 14.0. The number of hydrogen-bond donors (Lipinski definition) is 2. The molecule has 0 saturated carbocycles. The van der Waals surface area contributed by atoms with Gasteiger partial charge in [-0.3, -0.25) is 9.69 Å². The van der Waals surface area contributed by atoms with Gasteiger partial charge >= 0.3 is 0 Å². The number of hydrogen-bond acceptors (Lipinski definition) is 3. The van der Waals surface area contributed by atoms with Gasteiger partial charge in [0.25, 0.3) is 0 Å². The van der Waals surface area contributed by atoms with Gasteiger partial charge in [-0.1, -0.05) is 28.9 Å². The summed E-state index contributed by atoms with van der Waals surface area (Å²) in [5.41, 5.74) is 1.97. The van der Waals surface area contributed by atoms with Crippen LogP contribution in [0.3, 0.4) is 0 Å². The molecule has 108 valence electrons. The van der Waals surface area contributed by atoms with Crippen molar-refractivity contribution in [3.05, 3.63) is 28.2 Å². The number of carbonyl (C=O) groups is 1. The molecule has 4 nitrogen and oxygen atoms in total. The third kappa shape index (κ3) is 2.62. The van der Waals surface area contributed by atoms with Gasteiger partial charge in [0.15, 0.2) is 0 Å². The Bertz CT molecular complexity index is 520. The maximum absolute atomic E-state index is 12.1. The maximum atomic E-state index is 12.1. The Labute approximate surface area is 128 Å². The molecule has 0 radical (unpaired) electrons. The van der Waals surface area contributed by atoms with Crippen molar-refractivity contribution >= 4 is 27.5 Å². The van der Waals surface area contributed by atoms with E-state index in [0.717, 1.165) is 28.8 Å². The second kappa shape index (κ2) is 5.84. The Balaban J connectivity index is 1.68. The zero-order valence-corrected chi connectivity index (χ0v) is 13.2. The third-order valence-corrected chi connectivity index (χ3v) is 4.80. The molecule has 1 saturated heterocycles. The van der Waals surface area contributed by atoms with E-state index < -0.39 is 0 Å². The summed E-state index contributed by atoms with van der Waals surface area (Å²) in [5, 5.41) is 6.39. The van der Waals surface area contributed by atoms with E-state index in [4.69, 9.17) is 0 Å². The molecule has 1 aromatic rings. The van der Waals surface area contributed by atoms with Crippen molar-refractivity contribution in [3.8, 4) is 0 Å². The Hall–Kier alpha value is -0.910. The van der Waals surface area contributed by atoms with Crippen LogP contribution < -0.4 is 10.6 Å². The molecule has 20 heavy (non-hydrogen) atoms. The number of benzene rings is 1. The molecule has 0 aromatic heterocycles. The number of likely N-dealkylation sites (N-methyl/N-ethyl adjacent to an activating group) is 1. The number of nitrogens with one attached hydrogen (secondary N) is 2. The minimum Gasteiger partial charge on any atom is -0.324 e. The molecule has 0 aliphatic carbocycles. The van der Waals surface area contributed by atoms with Crippen LogP contribution in [0.15, 0.2) is 22.7 Å². The van der Waals surface area contributed by atoms with Crippen LogP contribution in [0.5, 0.6) is 0 Å². The van der Waals surface area contributed by atoms with Crippen molar-refractivity contribution < 1.29 is 4.79 Å². The molecular weight excluding hydrogens is 318 g/mol. The largest absolute Gasteiger partial charge is 0.324 e. The SMILES string of the molecule is CCN1CCCC1CNC1C(=O)Nc2cc(Br)ccc21.